The molecule has 1 aromatic rings. The summed E-state index contributed by atoms with van der Waals surface area (Å²) in [5.74, 6) is -1.22. The number of nitrogens with one attached hydrogen (secondary N) is 1. The van der Waals surface area contributed by atoms with Crippen molar-refractivity contribution >= 4 is 5.69 Å². The average Bonchev–Trinajstić information content (AvgIpc) is 2.40. The molecule has 0 spiro atoms. The smallest absolute Gasteiger partial charge is 0.149 e. The molecular formula is C13H19F2NO3. The molecule has 0 fully saturated rings. The van der Waals surface area contributed by atoms with E-state index in [1.165, 1.54) is 18.2 Å². The summed E-state index contributed by atoms with van der Waals surface area (Å²) in [5.41, 5.74) is -0.123. The highest BCUT2D eigenvalue weighted by Crippen LogP contribution is 2.17. The van der Waals surface area contributed by atoms with E-state index in [0.29, 0.717) is 39.6 Å². The highest BCUT2D eigenvalue weighted by Gasteiger charge is 2.06. The predicted octanol–water partition coefficient (Wildman–Crippen LogP) is 2.06. The van der Waals surface area contributed by atoms with Crippen LogP contribution in [-0.4, -0.2) is 46.7 Å². The second kappa shape index (κ2) is 9.66. The number of anilines is 1. The minimum absolute atomic E-state index is 0.123. The van der Waals surface area contributed by atoms with Gasteiger partial charge in [0.05, 0.1) is 33.0 Å². The third-order valence-corrected chi connectivity index (χ3v) is 2.31. The van der Waals surface area contributed by atoms with Crippen molar-refractivity contribution in [1.29, 1.82) is 0 Å². The summed E-state index contributed by atoms with van der Waals surface area (Å²) < 4.78 is 41.7. The Morgan fingerprint density at radius 3 is 2.16 bits per heavy atom. The van der Waals surface area contributed by atoms with Crippen LogP contribution in [0.15, 0.2) is 18.2 Å². The van der Waals surface area contributed by atoms with Gasteiger partial charge < -0.3 is 19.5 Å². The van der Waals surface area contributed by atoms with E-state index in [1.54, 1.807) is 7.11 Å². The first kappa shape index (κ1) is 15.8. The Kier molecular flexibility index (Phi) is 8.04. The molecule has 0 atom stereocenters. The first-order valence-corrected chi connectivity index (χ1v) is 6.08. The molecule has 1 N–H and O–H groups in total. The molecule has 19 heavy (non-hydrogen) atoms. The molecule has 0 radical (unpaired) electrons. The molecule has 0 bridgehead atoms. The minimum atomic E-state index is -0.608. The molecule has 0 heterocycles. The number of halogens is 2. The fraction of sp³-hybridized carbons (Fsp3) is 0.538. The van der Waals surface area contributed by atoms with Gasteiger partial charge >= 0.3 is 0 Å². The van der Waals surface area contributed by atoms with E-state index in [4.69, 9.17) is 14.2 Å². The standard InChI is InChI=1S/C13H19F2NO3/c1-17-7-8-19-10-9-18-6-5-16-13-11(14)3-2-4-12(13)15/h2-4,16H,5-10H2,1H3. The van der Waals surface area contributed by atoms with E-state index in [-0.39, 0.29) is 5.69 Å². The molecule has 0 amide bonds. The Morgan fingerprint density at radius 2 is 1.53 bits per heavy atom. The lowest BCUT2D eigenvalue weighted by molar-refractivity contribution is 0.0272. The summed E-state index contributed by atoms with van der Waals surface area (Å²) in [5, 5.41) is 2.66. The van der Waals surface area contributed by atoms with Crippen LogP contribution >= 0.6 is 0 Å². The van der Waals surface area contributed by atoms with Crippen molar-refractivity contribution in [1.82, 2.24) is 0 Å². The van der Waals surface area contributed by atoms with E-state index < -0.39 is 11.6 Å². The Labute approximate surface area is 111 Å². The topological polar surface area (TPSA) is 39.7 Å². The molecule has 0 aromatic heterocycles. The highest BCUT2D eigenvalue weighted by atomic mass is 19.1. The molecule has 1 aromatic carbocycles. The molecule has 108 valence electrons. The quantitative estimate of drug-likeness (QED) is 0.663. The van der Waals surface area contributed by atoms with Gasteiger partial charge in [0.2, 0.25) is 0 Å². The number of methoxy groups -OCH3 is 1. The lowest BCUT2D eigenvalue weighted by Crippen LogP contribution is -2.14. The van der Waals surface area contributed by atoms with Crippen LogP contribution in [0.3, 0.4) is 0 Å². The number of hydrogen-bond acceptors (Lipinski definition) is 4. The fourth-order valence-corrected chi connectivity index (χ4v) is 1.38. The highest BCUT2D eigenvalue weighted by molar-refractivity contribution is 5.45. The van der Waals surface area contributed by atoms with E-state index in [1.807, 2.05) is 0 Å². The third kappa shape index (κ3) is 6.47. The zero-order valence-corrected chi connectivity index (χ0v) is 11.0. The van der Waals surface area contributed by atoms with Gasteiger partial charge in [-0.15, -0.1) is 0 Å². The molecule has 0 aliphatic heterocycles. The number of para-hydroxylation sites is 1. The summed E-state index contributed by atoms with van der Waals surface area (Å²) in [6, 6.07) is 3.73. The first-order valence-electron chi connectivity index (χ1n) is 6.08. The molecular weight excluding hydrogens is 256 g/mol. The van der Waals surface area contributed by atoms with Gasteiger partial charge in [-0.25, -0.2) is 8.78 Å². The van der Waals surface area contributed by atoms with Gasteiger partial charge in [-0.2, -0.15) is 0 Å². The van der Waals surface area contributed by atoms with Crippen molar-refractivity contribution in [2.24, 2.45) is 0 Å². The number of ether oxygens (including phenoxy) is 3. The molecule has 0 saturated carbocycles. The van der Waals surface area contributed by atoms with Gasteiger partial charge in [-0.05, 0) is 12.1 Å². The Morgan fingerprint density at radius 1 is 0.947 bits per heavy atom. The number of hydrogen-bond donors (Lipinski definition) is 1. The molecule has 1 rings (SSSR count). The van der Waals surface area contributed by atoms with E-state index in [2.05, 4.69) is 5.32 Å². The molecule has 0 aliphatic carbocycles. The van der Waals surface area contributed by atoms with Gasteiger partial charge in [0.25, 0.3) is 0 Å². The summed E-state index contributed by atoms with van der Waals surface area (Å²) >= 11 is 0. The predicted molar refractivity (Wildman–Crippen MR) is 68.4 cm³/mol. The molecule has 4 nitrogen and oxygen atoms in total. The Bertz CT molecular complexity index is 343. The van der Waals surface area contributed by atoms with Gasteiger partial charge in [0.15, 0.2) is 0 Å². The maximum atomic E-state index is 13.2. The normalized spacial score (nSPS) is 10.7. The zero-order chi connectivity index (χ0) is 13.9. The summed E-state index contributed by atoms with van der Waals surface area (Å²) in [7, 11) is 1.60. The Balaban J connectivity index is 2.05. The second-order valence-electron chi connectivity index (χ2n) is 3.74. The van der Waals surface area contributed by atoms with Crippen LogP contribution in [0.2, 0.25) is 0 Å². The van der Waals surface area contributed by atoms with Crippen LogP contribution in [0.1, 0.15) is 0 Å². The maximum Gasteiger partial charge on any atom is 0.149 e. The zero-order valence-electron chi connectivity index (χ0n) is 11.0. The van der Waals surface area contributed by atoms with Crippen LogP contribution in [0, 0.1) is 11.6 Å². The molecule has 6 heteroatoms. The summed E-state index contributed by atoms with van der Waals surface area (Å²) in [6.07, 6.45) is 0. The van der Waals surface area contributed by atoms with Gasteiger partial charge in [0, 0.05) is 13.7 Å². The van der Waals surface area contributed by atoms with E-state index in [0.717, 1.165) is 0 Å². The fourth-order valence-electron chi connectivity index (χ4n) is 1.38. The monoisotopic (exact) mass is 275 g/mol. The molecule has 0 aliphatic rings. The largest absolute Gasteiger partial charge is 0.382 e. The summed E-state index contributed by atoms with van der Waals surface area (Å²) in [6.45, 7) is 2.66. The van der Waals surface area contributed by atoms with Crippen molar-refractivity contribution in [3.05, 3.63) is 29.8 Å². The van der Waals surface area contributed by atoms with Crippen LogP contribution in [0.25, 0.3) is 0 Å². The van der Waals surface area contributed by atoms with Crippen LogP contribution in [0.4, 0.5) is 14.5 Å². The first-order chi connectivity index (χ1) is 9.25. The second-order valence-corrected chi connectivity index (χ2v) is 3.74. The van der Waals surface area contributed by atoms with Crippen LogP contribution < -0.4 is 5.32 Å². The van der Waals surface area contributed by atoms with Crippen molar-refractivity contribution in [3.8, 4) is 0 Å². The number of benzene rings is 1. The van der Waals surface area contributed by atoms with Gasteiger partial charge in [-0.3, -0.25) is 0 Å². The van der Waals surface area contributed by atoms with Crippen molar-refractivity contribution < 1.29 is 23.0 Å². The maximum absolute atomic E-state index is 13.2. The van der Waals surface area contributed by atoms with E-state index >= 15 is 0 Å². The number of rotatable bonds is 10. The molecule has 0 unspecified atom stereocenters. The lowest BCUT2D eigenvalue weighted by atomic mass is 10.3. The van der Waals surface area contributed by atoms with E-state index in [9.17, 15) is 8.78 Å². The van der Waals surface area contributed by atoms with Crippen LogP contribution in [0.5, 0.6) is 0 Å². The van der Waals surface area contributed by atoms with Gasteiger partial charge in [0.1, 0.15) is 17.3 Å². The third-order valence-electron chi connectivity index (χ3n) is 2.31. The van der Waals surface area contributed by atoms with Crippen molar-refractivity contribution in [3.63, 3.8) is 0 Å². The average molecular weight is 275 g/mol. The van der Waals surface area contributed by atoms with Crippen LogP contribution in [-0.2, 0) is 14.2 Å². The van der Waals surface area contributed by atoms with Crippen molar-refractivity contribution in [2.75, 3.05) is 52.0 Å². The van der Waals surface area contributed by atoms with Gasteiger partial charge in [-0.1, -0.05) is 6.07 Å². The summed E-state index contributed by atoms with van der Waals surface area (Å²) in [4.78, 5) is 0. The lowest BCUT2D eigenvalue weighted by Gasteiger charge is -2.09. The minimum Gasteiger partial charge on any atom is -0.382 e. The SMILES string of the molecule is COCCOCCOCCNc1c(F)cccc1F. The van der Waals surface area contributed by atoms with Crippen molar-refractivity contribution in [2.45, 2.75) is 0 Å². The molecule has 0 saturated heterocycles. The Hall–Kier alpha value is -1.24.